The van der Waals surface area contributed by atoms with Crippen molar-refractivity contribution in [2.75, 3.05) is 18.5 Å². The van der Waals surface area contributed by atoms with Crippen LogP contribution in [0.3, 0.4) is 0 Å². The van der Waals surface area contributed by atoms with Gasteiger partial charge >= 0.3 is 0 Å². The number of benzene rings is 1. The molecule has 0 fully saturated rings. The molecular formula is C15H24N2O3. The summed E-state index contributed by atoms with van der Waals surface area (Å²) < 4.78 is 11.0. The minimum absolute atomic E-state index is 0.0871. The molecule has 0 aromatic heterocycles. The number of rotatable bonds is 7. The van der Waals surface area contributed by atoms with Gasteiger partial charge in [-0.1, -0.05) is 13.8 Å². The number of nitrogens with two attached hydrogens (primary N) is 1. The van der Waals surface area contributed by atoms with Crippen LogP contribution in [-0.2, 0) is 4.79 Å². The van der Waals surface area contributed by atoms with E-state index in [0.29, 0.717) is 30.4 Å². The molecule has 0 saturated heterocycles. The molecule has 1 aromatic carbocycles. The number of carbonyl (C=O) groups excluding carboxylic acids is 1. The van der Waals surface area contributed by atoms with Gasteiger partial charge in [0, 0.05) is 11.8 Å². The Morgan fingerprint density at radius 3 is 2.35 bits per heavy atom. The van der Waals surface area contributed by atoms with E-state index in [1.54, 1.807) is 18.2 Å². The second-order valence-corrected chi connectivity index (χ2v) is 4.79. The van der Waals surface area contributed by atoms with Crippen molar-refractivity contribution in [2.45, 2.75) is 33.7 Å². The van der Waals surface area contributed by atoms with E-state index in [4.69, 9.17) is 15.2 Å². The number of amides is 1. The SMILES string of the molecule is CCOc1ccc(NC(=O)C(N)C(C)C)cc1OCC. The van der Waals surface area contributed by atoms with Gasteiger partial charge in [-0.3, -0.25) is 4.79 Å². The lowest BCUT2D eigenvalue weighted by atomic mass is 10.0. The van der Waals surface area contributed by atoms with Gasteiger partial charge in [-0.15, -0.1) is 0 Å². The zero-order valence-electron chi connectivity index (χ0n) is 12.6. The molecule has 0 heterocycles. The first-order valence-electron chi connectivity index (χ1n) is 6.95. The van der Waals surface area contributed by atoms with Gasteiger partial charge in [0.2, 0.25) is 5.91 Å². The van der Waals surface area contributed by atoms with Crippen LogP contribution in [0.25, 0.3) is 0 Å². The summed E-state index contributed by atoms with van der Waals surface area (Å²) in [4.78, 5) is 11.9. The summed E-state index contributed by atoms with van der Waals surface area (Å²) in [6, 6.07) is 4.78. The van der Waals surface area contributed by atoms with Crippen molar-refractivity contribution in [3.63, 3.8) is 0 Å². The van der Waals surface area contributed by atoms with Crippen LogP contribution < -0.4 is 20.5 Å². The zero-order valence-corrected chi connectivity index (χ0v) is 12.6. The molecule has 1 unspecified atom stereocenters. The number of ether oxygens (including phenoxy) is 2. The van der Waals surface area contributed by atoms with Gasteiger partial charge in [0.05, 0.1) is 19.3 Å². The number of nitrogens with one attached hydrogen (secondary N) is 1. The van der Waals surface area contributed by atoms with Gasteiger partial charge in [-0.05, 0) is 31.9 Å². The van der Waals surface area contributed by atoms with E-state index >= 15 is 0 Å². The molecule has 5 nitrogen and oxygen atoms in total. The Balaban J connectivity index is 2.86. The molecular weight excluding hydrogens is 256 g/mol. The lowest BCUT2D eigenvalue weighted by Crippen LogP contribution is -2.39. The average Bonchev–Trinajstić information content (AvgIpc) is 2.41. The molecule has 112 valence electrons. The van der Waals surface area contributed by atoms with E-state index in [2.05, 4.69) is 5.32 Å². The highest BCUT2D eigenvalue weighted by Gasteiger charge is 2.17. The van der Waals surface area contributed by atoms with Crippen LogP contribution in [0.2, 0.25) is 0 Å². The monoisotopic (exact) mass is 280 g/mol. The van der Waals surface area contributed by atoms with Crippen molar-refractivity contribution in [2.24, 2.45) is 11.7 Å². The molecule has 0 radical (unpaired) electrons. The van der Waals surface area contributed by atoms with Crippen LogP contribution in [-0.4, -0.2) is 25.2 Å². The molecule has 0 aliphatic rings. The van der Waals surface area contributed by atoms with Crippen molar-refractivity contribution in [1.29, 1.82) is 0 Å². The van der Waals surface area contributed by atoms with Crippen molar-refractivity contribution in [3.05, 3.63) is 18.2 Å². The lowest BCUT2D eigenvalue weighted by Gasteiger charge is -2.17. The second-order valence-electron chi connectivity index (χ2n) is 4.79. The normalized spacial score (nSPS) is 12.1. The fraction of sp³-hybridized carbons (Fsp3) is 0.533. The Hall–Kier alpha value is -1.75. The third kappa shape index (κ3) is 4.42. The topological polar surface area (TPSA) is 73.6 Å². The third-order valence-electron chi connectivity index (χ3n) is 2.83. The zero-order chi connectivity index (χ0) is 15.1. The number of carbonyl (C=O) groups is 1. The van der Waals surface area contributed by atoms with Gasteiger partial charge < -0.3 is 20.5 Å². The summed E-state index contributed by atoms with van der Waals surface area (Å²) in [6.45, 7) is 8.72. The van der Waals surface area contributed by atoms with Gasteiger partial charge in [-0.25, -0.2) is 0 Å². The summed E-state index contributed by atoms with van der Waals surface area (Å²) in [5.74, 6) is 1.17. The summed E-state index contributed by atoms with van der Waals surface area (Å²) >= 11 is 0. The number of anilines is 1. The maximum atomic E-state index is 11.9. The molecule has 0 spiro atoms. The molecule has 0 saturated carbocycles. The summed E-state index contributed by atoms with van der Waals surface area (Å²) in [7, 11) is 0. The fourth-order valence-electron chi connectivity index (χ4n) is 1.66. The highest BCUT2D eigenvalue weighted by molar-refractivity contribution is 5.95. The van der Waals surface area contributed by atoms with E-state index in [1.165, 1.54) is 0 Å². The molecule has 1 amide bonds. The first kappa shape index (κ1) is 16.3. The van der Waals surface area contributed by atoms with Crippen molar-refractivity contribution in [3.8, 4) is 11.5 Å². The smallest absolute Gasteiger partial charge is 0.241 e. The van der Waals surface area contributed by atoms with E-state index in [0.717, 1.165) is 0 Å². The van der Waals surface area contributed by atoms with Crippen LogP contribution in [0.15, 0.2) is 18.2 Å². The maximum absolute atomic E-state index is 11.9. The first-order valence-corrected chi connectivity index (χ1v) is 6.95. The van der Waals surface area contributed by atoms with Crippen molar-refractivity contribution in [1.82, 2.24) is 0 Å². The predicted octanol–water partition coefficient (Wildman–Crippen LogP) is 2.41. The Kier molecular flexibility index (Phi) is 6.31. The van der Waals surface area contributed by atoms with Crippen LogP contribution in [0.5, 0.6) is 11.5 Å². The van der Waals surface area contributed by atoms with Gasteiger partial charge in [-0.2, -0.15) is 0 Å². The van der Waals surface area contributed by atoms with E-state index in [-0.39, 0.29) is 11.8 Å². The van der Waals surface area contributed by atoms with Crippen LogP contribution in [0.4, 0.5) is 5.69 Å². The average molecular weight is 280 g/mol. The Bertz CT molecular complexity index is 447. The van der Waals surface area contributed by atoms with Gasteiger partial charge in [0.25, 0.3) is 0 Å². The van der Waals surface area contributed by atoms with E-state index in [9.17, 15) is 4.79 Å². The lowest BCUT2D eigenvalue weighted by molar-refractivity contribution is -0.118. The molecule has 20 heavy (non-hydrogen) atoms. The highest BCUT2D eigenvalue weighted by atomic mass is 16.5. The molecule has 1 aromatic rings. The van der Waals surface area contributed by atoms with Crippen LogP contribution >= 0.6 is 0 Å². The largest absolute Gasteiger partial charge is 0.490 e. The quantitative estimate of drug-likeness (QED) is 0.804. The Labute approximate surface area is 120 Å². The van der Waals surface area contributed by atoms with E-state index < -0.39 is 6.04 Å². The van der Waals surface area contributed by atoms with Crippen molar-refractivity contribution >= 4 is 11.6 Å². The molecule has 0 aliphatic carbocycles. The molecule has 1 rings (SSSR count). The second kappa shape index (κ2) is 7.75. The number of hydrogen-bond donors (Lipinski definition) is 2. The summed E-state index contributed by atoms with van der Waals surface area (Å²) in [6.07, 6.45) is 0. The third-order valence-corrected chi connectivity index (χ3v) is 2.83. The molecule has 3 N–H and O–H groups in total. The van der Waals surface area contributed by atoms with E-state index in [1.807, 2.05) is 27.7 Å². The maximum Gasteiger partial charge on any atom is 0.241 e. The Morgan fingerprint density at radius 2 is 1.80 bits per heavy atom. The molecule has 1 atom stereocenters. The first-order chi connectivity index (χ1) is 9.49. The number of hydrogen-bond acceptors (Lipinski definition) is 4. The van der Waals surface area contributed by atoms with Gasteiger partial charge in [0.1, 0.15) is 0 Å². The standard InChI is InChI=1S/C15H24N2O3/c1-5-19-12-8-7-11(9-13(12)20-6-2)17-15(18)14(16)10(3)4/h7-10,14H,5-6,16H2,1-4H3,(H,17,18). The van der Waals surface area contributed by atoms with Gasteiger partial charge in [0.15, 0.2) is 11.5 Å². The van der Waals surface area contributed by atoms with Crippen LogP contribution in [0, 0.1) is 5.92 Å². The van der Waals surface area contributed by atoms with Crippen molar-refractivity contribution < 1.29 is 14.3 Å². The molecule has 5 heteroatoms. The predicted molar refractivity (Wildman–Crippen MR) is 80.2 cm³/mol. The Morgan fingerprint density at radius 1 is 1.20 bits per heavy atom. The summed E-state index contributed by atoms with van der Waals surface area (Å²) in [5, 5.41) is 2.79. The summed E-state index contributed by atoms with van der Waals surface area (Å²) in [5.41, 5.74) is 6.47. The minimum Gasteiger partial charge on any atom is -0.490 e. The molecule has 0 bridgehead atoms. The minimum atomic E-state index is -0.530. The highest BCUT2D eigenvalue weighted by Crippen LogP contribution is 2.30. The van der Waals surface area contributed by atoms with Crippen LogP contribution in [0.1, 0.15) is 27.7 Å². The molecule has 0 aliphatic heterocycles. The fourth-order valence-corrected chi connectivity index (χ4v) is 1.66.